The van der Waals surface area contributed by atoms with Crippen LogP contribution in [0, 0.1) is 11.6 Å². The Morgan fingerprint density at radius 1 is 1.00 bits per heavy atom. The maximum absolute atomic E-state index is 13.0. The predicted octanol–water partition coefficient (Wildman–Crippen LogP) is 4.38. The number of hydrogen-bond donors (Lipinski definition) is 0. The first-order valence-electron chi connectivity index (χ1n) is 3.87. The summed E-state index contributed by atoms with van der Waals surface area (Å²) in [5, 5.41) is 3.45. The number of alkyl halides is 3. The van der Waals surface area contributed by atoms with E-state index in [2.05, 4.69) is 5.32 Å². The molecule has 92 valence electrons. The summed E-state index contributed by atoms with van der Waals surface area (Å²) in [7, 11) is 0. The van der Waals surface area contributed by atoms with Crippen LogP contribution < -0.4 is 0 Å². The third-order valence-electron chi connectivity index (χ3n) is 1.90. The van der Waals surface area contributed by atoms with Crippen molar-refractivity contribution in [2.45, 2.75) is 6.18 Å². The van der Waals surface area contributed by atoms with Gasteiger partial charge in [-0.3, -0.25) is 0 Å². The Morgan fingerprint density at radius 3 is 1.94 bits per heavy atom. The number of nitrogens with two attached hydrogens (primary N) is 1. The van der Waals surface area contributed by atoms with Gasteiger partial charge in [0.15, 0.2) is 0 Å². The summed E-state index contributed by atoms with van der Waals surface area (Å²) in [5.74, 6) is -2.67. The van der Waals surface area contributed by atoms with Crippen LogP contribution in [0.4, 0.5) is 22.0 Å². The van der Waals surface area contributed by atoms with Gasteiger partial charge in [-0.2, -0.15) is 19.4 Å². The minimum atomic E-state index is -4.83. The van der Waals surface area contributed by atoms with E-state index in [0.717, 1.165) is 0 Å². The molecule has 0 saturated carbocycles. The van der Waals surface area contributed by atoms with Crippen LogP contribution in [0.3, 0.4) is 0 Å². The van der Waals surface area contributed by atoms with E-state index in [9.17, 15) is 22.0 Å². The monoisotopic (exact) mass is 420 g/mol. The van der Waals surface area contributed by atoms with Crippen LogP contribution in [-0.4, -0.2) is 0 Å². The fourth-order valence-electron chi connectivity index (χ4n) is 1.13. The number of benzene rings is 1. The number of rotatable bonds is 1. The maximum atomic E-state index is 13.0. The number of nitrogens with zero attached hydrogens (tertiary/aromatic N) is 1. The zero-order valence-electron chi connectivity index (χ0n) is 8.05. The fourth-order valence-corrected chi connectivity index (χ4v) is 1.13. The smallest absolute Gasteiger partial charge is 0.693 e. The summed E-state index contributed by atoms with van der Waals surface area (Å²) in [6, 6.07) is 0.639. The molecule has 0 unspecified atom stereocenters. The van der Waals surface area contributed by atoms with Gasteiger partial charge in [-0.15, -0.1) is 5.70 Å². The summed E-state index contributed by atoms with van der Waals surface area (Å²) in [6.45, 7) is 0. The van der Waals surface area contributed by atoms with Crippen LogP contribution in [0.15, 0.2) is 18.3 Å². The zero-order valence-corrected chi connectivity index (χ0v) is 11.0. The van der Waals surface area contributed by atoms with Crippen molar-refractivity contribution in [3.63, 3.8) is 0 Å². The first-order valence-corrected chi connectivity index (χ1v) is 3.87. The van der Waals surface area contributed by atoms with Crippen molar-refractivity contribution in [1.82, 2.24) is 0 Å². The van der Waals surface area contributed by atoms with E-state index in [1.165, 1.54) is 6.20 Å². The Morgan fingerprint density at radius 2 is 1.53 bits per heavy atom. The average molecular weight is 420 g/mol. The van der Waals surface area contributed by atoms with E-state index in [4.69, 9.17) is 0 Å². The van der Waals surface area contributed by atoms with E-state index in [1.54, 1.807) is 0 Å². The molecular weight excluding hydrogens is 415 g/mol. The van der Waals surface area contributed by atoms with Crippen molar-refractivity contribution in [3.05, 3.63) is 52.6 Å². The molecule has 1 aliphatic rings. The SMILES string of the molecule is Fc1cc(F)c(C(F)(F)F)cc1C1=C[N-]1.[NH2-].[W+2]. The third-order valence-corrected chi connectivity index (χ3v) is 1.90. The van der Waals surface area contributed by atoms with Crippen LogP contribution in [-0.2, 0) is 27.2 Å². The molecule has 0 atom stereocenters. The standard InChI is InChI=1S/C9H3F5N.H2N.W/c10-6-2-7(11)5(9(12,13)14)1-4(6)8-3-15-8;;/h1-3H;1H2;/q2*-1;+2. The average Bonchev–Trinajstić information content (AvgIpc) is 2.84. The van der Waals surface area contributed by atoms with E-state index in [-0.39, 0.29) is 44.5 Å². The molecule has 8 heteroatoms. The molecule has 0 bridgehead atoms. The summed E-state index contributed by atoms with van der Waals surface area (Å²) in [4.78, 5) is 0. The van der Waals surface area contributed by atoms with Crippen molar-refractivity contribution >= 4 is 5.70 Å². The summed E-state index contributed by atoms with van der Waals surface area (Å²) >= 11 is 0. The van der Waals surface area contributed by atoms with Gasteiger partial charge in [-0.25, -0.2) is 8.78 Å². The molecule has 0 fully saturated rings. The molecular formula is C9H5F5N2W. The normalized spacial score (nSPS) is 12.9. The molecule has 2 N–H and O–H groups in total. The summed E-state index contributed by atoms with van der Waals surface area (Å²) < 4.78 is 62.5. The first-order chi connectivity index (χ1) is 6.89. The molecule has 1 heterocycles. The Balaban J connectivity index is 0.00000128. The zero-order chi connectivity index (χ0) is 11.2. The third kappa shape index (κ3) is 3.26. The molecule has 0 aliphatic carbocycles. The number of hydrogen-bond acceptors (Lipinski definition) is 0. The Hall–Kier alpha value is -0.942. The van der Waals surface area contributed by atoms with Gasteiger partial charge in [0.25, 0.3) is 0 Å². The van der Waals surface area contributed by atoms with Gasteiger partial charge in [0.05, 0.1) is 5.56 Å². The van der Waals surface area contributed by atoms with Gasteiger partial charge < -0.3 is 11.5 Å². The van der Waals surface area contributed by atoms with Crippen molar-refractivity contribution in [2.24, 2.45) is 0 Å². The second-order valence-electron chi connectivity index (χ2n) is 2.95. The molecule has 17 heavy (non-hydrogen) atoms. The van der Waals surface area contributed by atoms with Gasteiger partial charge in [0, 0.05) is 6.07 Å². The van der Waals surface area contributed by atoms with Crippen molar-refractivity contribution < 1.29 is 43.0 Å². The van der Waals surface area contributed by atoms with E-state index >= 15 is 0 Å². The second kappa shape index (κ2) is 5.14. The minimum absolute atomic E-state index is 0. The minimum Gasteiger partial charge on any atom is -0.693 e. The maximum Gasteiger partial charge on any atom is 2.00 e. The van der Waals surface area contributed by atoms with Crippen LogP contribution in [0.2, 0.25) is 0 Å². The van der Waals surface area contributed by atoms with E-state index in [1.807, 2.05) is 0 Å². The summed E-state index contributed by atoms with van der Waals surface area (Å²) in [6.07, 6.45) is -3.63. The van der Waals surface area contributed by atoms with Gasteiger partial charge in [-0.05, 0) is 11.6 Å². The van der Waals surface area contributed by atoms with Gasteiger partial charge in [0.2, 0.25) is 0 Å². The van der Waals surface area contributed by atoms with Crippen molar-refractivity contribution in [2.75, 3.05) is 0 Å². The van der Waals surface area contributed by atoms with Crippen molar-refractivity contribution in [1.29, 1.82) is 0 Å². The summed E-state index contributed by atoms with van der Waals surface area (Å²) in [5.41, 5.74) is -1.70. The van der Waals surface area contributed by atoms with Crippen LogP contribution >= 0.6 is 0 Å². The van der Waals surface area contributed by atoms with Crippen LogP contribution in [0.5, 0.6) is 0 Å². The molecule has 0 saturated heterocycles. The molecule has 1 aromatic rings. The molecule has 1 aliphatic heterocycles. The molecule has 0 amide bonds. The Bertz CT molecular complexity index is 455. The van der Waals surface area contributed by atoms with Crippen molar-refractivity contribution in [3.8, 4) is 0 Å². The van der Waals surface area contributed by atoms with Gasteiger partial charge in [-0.1, -0.05) is 0 Å². The largest absolute Gasteiger partial charge is 2.00 e. The van der Waals surface area contributed by atoms with Crippen LogP contribution in [0.1, 0.15) is 11.1 Å². The Kier molecular flexibility index (Phi) is 4.86. The predicted molar refractivity (Wildman–Crippen MR) is 48.0 cm³/mol. The molecule has 2 nitrogen and oxygen atoms in total. The van der Waals surface area contributed by atoms with E-state index in [0.29, 0.717) is 6.07 Å². The molecule has 0 spiro atoms. The quantitative estimate of drug-likeness (QED) is 0.606. The molecule has 0 aromatic heterocycles. The van der Waals surface area contributed by atoms with Crippen LogP contribution in [0.25, 0.3) is 17.2 Å². The topological polar surface area (TPSA) is 47.6 Å². The van der Waals surface area contributed by atoms with E-state index < -0.39 is 23.4 Å². The first kappa shape index (κ1) is 16.1. The van der Waals surface area contributed by atoms with Gasteiger partial charge >= 0.3 is 27.2 Å². The second-order valence-corrected chi connectivity index (χ2v) is 2.95. The molecule has 1 aromatic carbocycles. The molecule has 2 rings (SSSR count). The Labute approximate surface area is 108 Å². The number of halogens is 5. The fraction of sp³-hybridized carbons (Fsp3) is 0.111. The van der Waals surface area contributed by atoms with Gasteiger partial charge in [0.1, 0.15) is 11.6 Å². The molecule has 0 radical (unpaired) electrons.